The molecule has 3 rings (SSSR count). The molecule has 1 amide bonds. The van der Waals surface area contributed by atoms with Crippen molar-refractivity contribution >= 4 is 56.1 Å². The molecule has 166 valence electrons. The lowest BCUT2D eigenvalue weighted by Gasteiger charge is -2.08. The Morgan fingerprint density at radius 1 is 1.09 bits per heavy atom. The van der Waals surface area contributed by atoms with E-state index in [-0.39, 0.29) is 11.3 Å². The van der Waals surface area contributed by atoms with Gasteiger partial charge in [0.2, 0.25) is 0 Å². The molecule has 3 aromatic carbocycles. The van der Waals surface area contributed by atoms with Gasteiger partial charge in [0.05, 0.1) is 4.92 Å². The van der Waals surface area contributed by atoms with E-state index in [1.807, 2.05) is 12.1 Å². The summed E-state index contributed by atoms with van der Waals surface area (Å²) in [7, 11) is -4.51. The molecule has 0 atom stereocenters. The molecule has 0 spiro atoms. The third-order valence-electron chi connectivity index (χ3n) is 4.15. The molecule has 11 heteroatoms. The van der Waals surface area contributed by atoms with Gasteiger partial charge in [-0.25, -0.2) is 0 Å². The van der Waals surface area contributed by atoms with Crippen molar-refractivity contribution in [2.24, 2.45) is 0 Å². The van der Waals surface area contributed by atoms with Gasteiger partial charge in [0.15, 0.2) is 4.90 Å². The van der Waals surface area contributed by atoms with Gasteiger partial charge in [0.1, 0.15) is 17.4 Å². The van der Waals surface area contributed by atoms with Gasteiger partial charge >= 0.3 is 10.1 Å². The number of nitrogens with zero attached hydrogens (tertiary/aromatic N) is 2. The van der Waals surface area contributed by atoms with E-state index in [0.717, 1.165) is 15.7 Å². The van der Waals surface area contributed by atoms with Crippen LogP contribution in [0, 0.1) is 25.0 Å². The number of carbonyl (C=O) groups excluding carboxylic acids is 1. The lowest BCUT2D eigenvalue weighted by molar-refractivity contribution is -0.387. The van der Waals surface area contributed by atoms with E-state index in [1.54, 1.807) is 24.3 Å². The highest BCUT2D eigenvalue weighted by atomic mass is 127. The van der Waals surface area contributed by atoms with Crippen molar-refractivity contribution in [2.75, 3.05) is 5.32 Å². The fourth-order valence-corrected chi connectivity index (χ4v) is 4.36. The van der Waals surface area contributed by atoms with Gasteiger partial charge in [0.25, 0.3) is 11.6 Å². The molecule has 0 aliphatic rings. The van der Waals surface area contributed by atoms with Crippen LogP contribution in [0.15, 0.2) is 83.3 Å². The molecule has 0 heterocycles. The molecule has 3 aromatic rings. The Bertz CT molecular complexity index is 1410. The summed E-state index contributed by atoms with van der Waals surface area (Å²) in [6.45, 7) is 0. The van der Waals surface area contributed by atoms with Gasteiger partial charge in [-0.15, -0.1) is 0 Å². The number of hydrogen-bond acceptors (Lipinski definition) is 7. The third-order valence-corrected chi connectivity index (χ3v) is 6.12. The molecule has 33 heavy (non-hydrogen) atoms. The standard InChI is InChI=1S/C22H14IN3O6S/c23-17-6-4-7-18(13-17)25-22(27)16(14-24)11-15-5-3-8-19(12-15)32-33(30,31)21-10-2-1-9-20(21)26(28)29/h1-13H,(H,25,27)/b16-11+. The Kier molecular flexibility index (Phi) is 7.41. The summed E-state index contributed by atoms with van der Waals surface area (Å²) in [5, 5.41) is 23.2. The monoisotopic (exact) mass is 575 g/mol. The summed E-state index contributed by atoms with van der Waals surface area (Å²) in [6.07, 6.45) is 1.27. The molecule has 0 aromatic heterocycles. The fourth-order valence-electron chi connectivity index (χ4n) is 2.73. The zero-order chi connectivity index (χ0) is 24.0. The number of nitro groups is 1. The van der Waals surface area contributed by atoms with E-state index >= 15 is 0 Å². The van der Waals surface area contributed by atoms with Crippen LogP contribution in [0.25, 0.3) is 6.08 Å². The van der Waals surface area contributed by atoms with E-state index in [9.17, 15) is 28.6 Å². The SMILES string of the molecule is N#C/C(=C\c1cccc(OS(=O)(=O)c2ccccc2[N+](=O)[O-])c1)C(=O)Nc1cccc(I)c1. The smallest absolute Gasteiger partial charge is 0.346 e. The summed E-state index contributed by atoms with van der Waals surface area (Å²) in [4.78, 5) is 22.2. The maximum atomic E-state index is 12.6. The number of rotatable bonds is 7. The molecule has 0 saturated heterocycles. The number of anilines is 1. The van der Waals surface area contributed by atoms with Crippen molar-refractivity contribution in [3.8, 4) is 11.8 Å². The number of halogens is 1. The minimum Gasteiger partial charge on any atom is -0.379 e. The maximum Gasteiger partial charge on any atom is 0.346 e. The predicted octanol–water partition coefficient (Wildman–Crippen LogP) is 4.51. The molecule has 0 unspecified atom stereocenters. The second-order valence-electron chi connectivity index (χ2n) is 6.47. The van der Waals surface area contributed by atoms with E-state index in [4.69, 9.17) is 4.18 Å². The molecule has 0 radical (unpaired) electrons. The first-order chi connectivity index (χ1) is 15.7. The zero-order valence-corrected chi connectivity index (χ0v) is 19.6. The Morgan fingerprint density at radius 2 is 1.82 bits per heavy atom. The van der Waals surface area contributed by atoms with Crippen molar-refractivity contribution in [1.82, 2.24) is 0 Å². The Balaban J connectivity index is 1.85. The lowest BCUT2D eigenvalue weighted by Crippen LogP contribution is -2.13. The van der Waals surface area contributed by atoms with Gasteiger partial charge in [-0.1, -0.05) is 30.3 Å². The van der Waals surface area contributed by atoms with Gasteiger partial charge in [-0.3, -0.25) is 14.9 Å². The quantitative estimate of drug-likeness (QED) is 0.109. The van der Waals surface area contributed by atoms with E-state index in [1.165, 1.54) is 36.4 Å². The van der Waals surface area contributed by atoms with Gasteiger partial charge in [-0.05, 0) is 70.6 Å². The van der Waals surface area contributed by atoms with Gasteiger partial charge in [-0.2, -0.15) is 13.7 Å². The Morgan fingerprint density at radius 3 is 2.52 bits per heavy atom. The minimum absolute atomic E-state index is 0.141. The highest BCUT2D eigenvalue weighted by Crippen LogP contribution is 2.27. The number of amides is 1. The van der Waals surface area contributed by atoms with Crippen LogP contribution in [0.1, 0.15) is 5.56 Å². The number of para-hydroxylation sites is 1. The average Bonchev–Trinajstić information content (AvgIpc) is 2.77. The normalized spacial score (nSPS) is 11.3. The average molecular weight is 575 g/mol. The highest BCUT2D eigenvalue weighted by molar-refractivity contribution is 14.1. The van der Waals surface area contributed by atoms with Crippen LogP contribution >= 0.6 is 22.6 Å². The fraction of sp³-hybridized carbons (Fsp3) is 0. The van der Waals surface area contributed by atoms with Crippen molar-refractivity contribution < 1.29 is 22.3 Å². The molecule has 9 nitrogen and oxygen atoms in total. The van der Waals surface area contributed by atoms with Crippen molar-refractivity contribution in [1.29, 1.82) is 5.26 Å². The molecule has 0 fully saturated rings. The Labute approximate surface area is 202 Å². The second-order valence-corrected chi connectivity index (χ2v) is 9.23. The van der Waals surface area contributed by atoms with Gasteiger partial charge < -0.3 is 9.50 Å². The van der Waals surface area contributed by atoms with Crippen LogP contribution < -0.4 is 9.50 Å². The highest BCUT2D eigenvalue weighted by Gasteiger charge is 2.27. The van der Waals surface area contributed by atoms with Crippen LogP contribution in [0.3, 0.4) is 0 Å². The third kappa shape index (κ3) is 6.15. The topological polar surface area (TPSA) is 139 Å². The Hall–Kier alpha value is -3.76. The van der Waals surface area contributed by atoms with E-state index in [0.29, 0.717) is 11.3 Å². The molecule has 0 aliphatic heterocycles. The number of nitriles is 1. The molecular weight excluding hydrogens is 561 g/mol. The van der Waals surface area contributed by atoms with Crippen LogP contribution in [-0.2, 0) is 14.9 Å². The molecule has 0 saturated carbocycles. The predicted molar refractivity (Wildman–Crippen MR) is 129 cm³/mol. The van der Waals surface area contributed by atoms with Gasteiger partial charge in [0, 0.05) is 15.3 Å². The number of carbonyl (C=O) groups is 1. The van der Waals surface area contributed by atoms with E-state index < -0.39 is 31.5 Å². The summed E-state index contributed by atoms with van der Waals surface area (Å²) < 4.78 is 31.2. The molecule has 1 N–H and O–H groups in total. The summed E-state index contributed by atoms with van der Waals surface area (Å²) >= 11 is 2.09. The summed E-state index contributed by atoms with van der Waals surface area (Å²) in [5.74, 6) is -0.782. The summed E-state index contributed by atoms with van der Waals surface area (Å²) in [5.41, 5.74) is 0.000382. The van der Waals surface area contributed by atoms with Crippen LogP contribution in [0.4, 0.5) is 11.4 Å². The first-order valence-corrected chi connectivity index (χ1v) is 11.6. The number of nitrogens with one attached hydrogen (secondary N) is 1. The molecule has 0 aliphatic carbocycles. The largest absolute Gasteiger partial charge is 0.379 e. The van der Waals surface area contributed by atoms with Crippen LogP contribution in [0.5, 0.6) is 5.75 Å². The van der Waals surface area contributed by atoms with Crippen molar-refractivity contribution in [3.05, 3.63) is 97.6 Å². The van der Waals surface area contributed by atoms with Crippen molar-refractivity contribution in [3.63, 3.8) is 0 Å². The maximum absolute atomic E-state index is 12.6. The van der Waals surface area contributed by atoms with E-state index in [2.05, 4.69) is 27.9 Å². The molecule has 0 bridgehead atoms. The first-order valence-electron chi connectivity index (χ1n) is 9.16. The van der Waals surface area contributed by atoms with Crippen LogP contribution in [-0.4, -0.2) is 19.2 Å². The minimum atomic E-state index is -4.51. The number of hydrogen-bond donors (Lipinski definition) is 1. The zero-order valence-electron chi connectivity index (χ0n) is 16.6. The number of nitro benzene ring substituents is 1. The van der Waals surface area contributed by atoms with Crippen molar-refractivity contribution in [2.45, 2.75) is 4.90 Å². The lowest BCUT2D eigenvalue weighted by atomic mass is 10.1. The molecular formula is C22H14IN3O6S. The number of benzene rings is 3. The second kappa shape index (κ2) is 10.2. The first kappa shape index (κ1) is 23.9. The summed E-state index contributed by atoms with van der Waals surface area (Å²) in [6, 6.07) is 19.3. The van der Waals surface area contributed by atoms with Crippen LogP contribution in [0.2, 0.25) is 0 Å².